The van der Waals surface area contributed by atoms with Crippen molar-refractivity contribution in [2.24, 2.45) is 0 Å². The van der Waals surface area contributed by atoms with Crippen LogP contribution in [0, 0.1) is 0 Å². The van der Waals surface area contributed by atoms with Crippen molar-refractivity contribution < 1.29 is 0 Å². The highest BCUT2D eigenvalue weighted by Crippen LogP contribution is 2.10. The molecule has 0 amide bonds. The molecule has 0 aliphatic heterocycles. The summed E-state index contributed by atoms with van der Waals surface area (Å²) in [6.07, 6.45) is 7.45. The second-order valence-electron chi connectivity index (χ2n) is 3.92. The first-order chi connectivity index (χ1) is 9.42. The van der Waals surface area contributed by atoms with Crippen LogP contribution in [0.2, 0.25) is 0 Å². The standard InChI is InChI=1S/C13H10N6/c1-3-10(8-14-5-1)7-12-16-18-13(19-17-12)11-4-2-6-15-9-11/h1-6,8-9H,7H2. The molecule has 92 valence electrons. The zero-order valence-electron chi connectivity index (χ0n) is 10.0. The van der Waals surface area contributed by atoms with E-state index in [0.717, 1.165) is 11.1 Å². The Hall–Kier alpha value is -2.76. The van der Waals surface area contributed by atoms with Crippen LogP contribution in [0.1, 0.15) is 11.4 Å². The maximum atomic E-state index is 4.07. The maximum absolute atomic E-state index is 4.07. The lowest BCUT2D eigenvalue weighted by molar-refractivity contribution is 0.785. The maximum Gasteiger partial charge on any atom is 0.205 e. The molecule has 19 heavy (non-hydrogen) atoms. The van der Waals surface area contributed by atoms with Gasteiger partial charge in [-0.25, -0.2) is 0 Å². The Morgan fingerprint density at radius 3 is 2.16 bits per heavy atom. The molecule has 6 nitrogen and oxygen atoms in total. The van der Waals surface area contributed by atoms with Gasteiger partial charge in [0, 0.05) is 36.8 Å². The molecule has 0 aromatic carbocycles. The van der Waals surface area contributed by atoms with Gasteiger partial charge in [-0.2, -0.15) is 0 Å². The minimum Gasteiger partial charge on any atom is -0.264 e. The third-order valence-electron chi connectivity index (χ3n) is 2.53. The van der Waals surface area contributed by atoms with Crippen molar-refractivity contribution in [2.75, 3.05) is 0 Å². The van der Waals surface area contributed by atoms with Gasteiger partial charge in [0.25, 0.3) is 0 Å². The lowest BCUT2D eigenvalue weighted by atomic mass is 10.2. The summed E-state index contributed by atoms with van der Waals surface area (Å²) in [5.74, 6) is 1.05. The summed E-state index contributed by atoms with van der Waals surface area (Å²) in [6, 6.07) is 7.53. The SMILES string of the molecule is c1cncc(Cc2nnc(-c3cccnc3)nn2)c1. The number of rotatable bonds is 3. The van der Waals surface area contributed by atoms with E-state index in [1.807, 2.05) is 24.3 Å². The Morgan fingerprint density at radius 2 is 1.53 bits per heavy atom. The summed E-state index contributed by atoms with van der Waals surface area (Å²) < 4.78 is 0. The Labute approximate surface area is 109 Å². The van der Waals surface area contributed by atoms with E-state index >= 15 is 0 Å². The molecule has 3 rings (SSSR count). The zero-order chi connectivity index (χ0) is 12.9. The number of aromatic nitrogens is 6. The van der Waals surface area contributed by atoms with E-state index in [0.29, 0.717) is 18.1 Å². The van der Waals surface area contributed by atoms with Crippen LogP contribution in [0.25, 0.3) is 11.4 Å². The molecule has 0 atom stereocenters. The lowest BCUT2D eigenvalue weighted by Gasteiger charge is -2.00. The van der Waals surface area contributed by atoms with Crippen molar-refractivity contribution in [2.45, 2.75) is 6.42 Å². The van der Waals surface area contributed by atoms with E-state index in [1.54, 1.807) is 24.8 Å². The summed E-state index contributed by atoms with van der Waals surface area (Å²) in [6.45, 7) is 0. The summed E-state index contributed by atoms with van der Waals surface area (Å²) in [7, 11) is 0. The van der Waals surface area contributed by atoms with Crippen LogP contribution in [0.3, 0.4) is 0 Å². The molecule has 0 aliphatic rings. The smallest absolute Gasteiger partial charge is 0.205 e. The normalized spacial score (nSPS) is 10.3. The highest BCUT2D eigenvalue weighted by molar-refractivity contribution is 5.51. The highest BCUT2D eigenvalue weighted by Gasteiger charge is 2.05. The fourth-order valence-corrected chi connectivity index (χ4v) is 1.62. The zero-order valence-corrected chi connectivity index (χ0v) is 10.0. The van der Waals surface area contributed by atoms with Crippen molar-refractivity contribution in [1.82, 2.24) is 30.4 Å². The number of hydrogen-bond acceptors (Lipinski definition) is 6. The molecule has 3 aromatic rings. The average Bonchev–Trinajstić information content (AvgIpc) is 2.50. The molecule has 0 saturated heterocycles. The van der Waals surface area contributed by atoms with Crippen molar-refractivity contribution >= 4 is 0 Å². The van der Waals surface area contributed by atoms with E-state index in [-0.39, 0.29) is 0 Å². The van der Waals surface area contributed by atoms with Crippen LogP contribution in [-0.4, -0.2) is 30.4 Å². The number of pyridine rings is 2. The molecule has 0 aliphatic carbocycles. The molecule has 3 aromatic heterocycles. The number of nitrogens with zero attached hydrogens (tertiary/aromatic N) is 6. The molecular weight excluding hydrogens is 240 g/mol. The van der Waals surface area contributed by atoms with E-state index in [1.165, 1.54) is 0 Å². The van der Waals surface area contributed by atoms with Gasteiger partial charge in [0.05, 0.1) is 0 Å². The van der Waals surface area contributed by atoms with E-state index in [9.17, 15) is 0 Å². The van der Waals surface area contributed by atoms with Crippen molar-refractivity contribution in [1.29, 1.82) is 0 Å². The van der Waals surface area contributed by atoms with Gasteiger partial charge in [-0.05, 0) is 23.8 Å². The predicted octanol–water partition coefficient (Wildman–Crippen LogP) is 1.31. The van der Waals surface area contributed by atoms with Crippen molar-refractivity contribution in [3.05, 3.63) is 60.4 Å². The van der Waals surface area contributed by atoms with Gasteiger partial charge in [0.2, 0.25) is 5.82 Å². The van der Waals surface area contributed by atoms with Gasteiger partial charge in [-0.3, -0.25) is 9.97 Å². The van der Waals surface area contributed by atoms with Crippen LogP contribution in [0.4, 0.5) is 0 Å². The molecule has 0 N–H and O–H groups in total. The molecule has 0 fully saturated rings. The van der Waals surface area contributed by atoms with Crippen LogP contribution in [-0.2, 0) is 6.42 Å². The van der Waals surface area contributed by atoms with Gasteiger partial charge in [0.15, 0.2) is 5.82 Å². The molecule has 6 heteroatoms. The summed E-state index contributed by atoms with van der Waals surface area (Å²) in [4.78, 5) is 8.05. The first kappa shape index (κ1) is 11.3. The van der Waals surface area contributed by atoms with Gasteiger partial charge in [-0.1, -0.05) is 6.07 Å². The first-order valence-corrected chi connectivity index (χ1v) is 5.77. The van der Waals surface area contributed by atoms with Gasteiger partial charge >= 0.3 is 0 Å². The van der Waals surface area contributed by atoms with Crippen LogP contribution in [0.5, 0.6) is 0 Å². The van der Waals surface area contributed by atoms with Gasteiger partial charge in [-0.15, -0.1) is 20.4 Å². The van der Waals surface area contributed by atoms with E-state index in [2.05, 4.69) is 30.4 Å². The average molecular weight is 250 g/mol. The molecule has 0 unspecified atom stereocenters. The Kier molecular flexibility index (Phi) is 3.14. The largest absolute Gasteiger partial charge is 0.264 e. The van der Waals surface area contributed by atoms with Gasteiger partial charge in [0.1, 0.15) is 0 Å². The molecule has 0 spiro atoms. The second-order valence-corrected chi connectivity index (χ2v) is 3.92. The highest BCUT2D eigenvalue weighted by atomic mass is 15.3. The molecule has 0 saturated carbocycles. The summed E-state index contributed by atoms with van der Waals surface area (Å²) >= 11 is 0. The summed E-state index contributed by atoms with van der Waals surface area (Å²) in [5.41, 5.74) is 1.83. The van der Waals surface area contributed by atoms with Gasteiger partial charge < -0.3 is 0 Å². The minimum absolute atomic E-state index is 0.475. The second kappa shape index (κ2) is 5.26. The van der Waals surface area contributed by atoms with Crippen LogP contribution >= 0.6 is 0 Å². The molecule has 3 heterocycles. The first-order valence-electron chi connectivity index (χ1n) is 5.77. The van der Waals surface area contributed by atoms with Crippen molar-refractivity contribution in [3.8, 4) is 11.4 Å². The minimum atomic E-state index is 0.475. The predicted molar refractivity (Wildman–Crippen MR) is 67.9 cm³/mol. The summed E-state index contributed by atoms with van der Waals surface area (Å²) in [5, 5.41) is 16.3. The lowest BCUT2D eigenvalue weighted by Crippen LogP contribution is -2.03. The van der Waals surface area contributed by atoms with E-state index in [4.69, 9.17) is 0 Å². The Balaban J connectivity index is 1.80. The van der Waals surface area contributed by atoms with Crippen LogP contribution < -0.4 is 0 Å². The van der Waals surface area contributed by atoms with Crippen molar-refractivity contribution in [3.63, 3.8) is 0 Å². The fourth-order valence-electron chi connectivity index (χ4n) is 1.62. The Morgan fingerprint density at radius 1 is 0.789 bits per heavy atom. The number of hydrogen-bond donors (Lipinski definition) is 0. The monoisotopic (exact) mass is 250 g/mol. The van der Waals surface area contributed by atoms with E-state index < -0.39 is 0 Å². The molecule has 0 bridgehead atoms. The fraction of sp³-hybridized carbons (Fsp3) is 0.0769. The molecule has 0 radical (unpaired) electrons. The third-order valence-corrected chi connectivity index (χ3v) is 2.53. The molecular formula is C13H10N6. The Bertz CT molecular complexity index is 639. The quantitative estimate of drug-likeness (QED) is 0.697. The topological polar surface area (TPSA) is 77.3 Å². The third kappa shape index (κ3) is 2.74. The van der Waals surface area contributed by atoms with Crippen LogP contribution in [0.15, 0.2) is 49.1 Å².